The summed E-state index contributed by atoms with van der Waals surface area (Å²) in [6.07, 6.45) is 0. The van der Waals surface area contributed by atoms with Crippen LogP contribution in [-0.4, -0.2) is 37.1 Å². The standard InChI is InChI=1S/C17H17ClFN3O/c18-13-3-1-6-16(11-13)21-7-9-22(10-8-21)17(23)20-15-5-2-4-14(19)12-15/h1-6,11-12H,7-10H2,(H,20,23). The summed E-state index contributed by atoms with van der Waals surface area (Å²) >= 11 is 6.01. The van der Waals surface area contributed by atoms with Crippen LogP contribution >= 0.6 is 11.6 Å². The van der Waals surface area contributed by atoms with Crippen LogP contribution in [0.3, 0.4) is 0 Å². The minimum Gasteiger partial charge on any atom is -0.368 e. The zero-order valence-corrected chi connectivity index (χ0v) is 13.3. The van der Waals surface area contributed by atoms with E-state index in [1.807, 2.05) is 24.3 Å². The number of benzene rings is 2. The normalized spacial score (nSPS) is 14.7. The summed E-state index contributed by atoms with van der Waals surface area (Å²) in [4.78, 5) is 16.1. The number of piperazine rings is 1. The number of carbonyl (C=O) groups excluding carboxylic acids is 1. The first-order chi connectivity index (χ1) is 11.1. The molecule has 2 aromatic rings. The van der Waals surface area contributed by atoms with Gasteiger partial charge in [-0.2, -0.15) is 0 Å². The van der Waals surface area contributed by atoms with Gasteiger partial charge in [-0.05, 0) is 36.4 Å². The van der Waals surface area contributed by atoms with Crippen molar-refractivity contribution in [2.75, 3.05) is 36.4 Å². The molecule has 0 aromatic heterocycles. The highest BCUT2D eigenvalue weighted by Crippen LogP contribution is 2.21. The summed E-state index contributed by atoms with van der Waals surface area (Å²) in [6, 6.07) is 13.4. The molecular weight excluding hydrogens is 317 g/mol. The molecule has 1 aliphatic rings. The fraction of sp³-hybridized carbons (Fsp3) is 0.235. The van der Waals surface area contributed by atoms with Crippen LogP contribution in [0.4, 0.5) is 20.6 Å². The topological polar surface area (TPSA) is 35.6 Å². The van der Waals surface area contributed by atoms with E-state index in [2.05, 4.69) is 10.2 Å². The van der Waals surface area contributed by atoms with Gasteiger partial charge < -0.3 is 15.1 Å². The molecule has 23 heavy (non-hydrogen) atoms. The Balaban J connectivity index is 1.57. The van der Waals surface area contributed by atoms with E-state index in [1.165, 1.54) is 12.1 Å². The van der Waals surface area contributed by atoms with E-state index in [-0.39, 0.29) is 11.8 Å². The number of carbonyl (C=O) groups is 1. The van der Waals surface area contributed by atoms with Crippen molar-refractivity contribution in [3.8, 4) is 0 Å². The zero-order chi connectivity index (χ0) is 16.2. The molecule has 0 aliphatic carbocycles. The average molecular weight is 334 g/mol. The van der Waals surface area contributed by atoms with Gasteiger partial charge in [0, 0.05) is 42.6 Å². The van der Waals surface area contributed by atoms with Crippen molar-refractivity contribution in [3.05, 3.63) is 59.4 Å². The molecule has 1 N–H and O–H groups in total. The van der Waals surface area contributed by atoms with Crippen molar-refractivity contribution < 1.29 is 9.18 Å². The van der Waals surface area contributed by atoms with Crippen LogP contribution in [0.25, 0.3) is 0 Å². The van der Waals surface area contributed by atoms with E-state index in [9.17, 15) is 9.18 Å². The molecule has 0 saturated carbocycles. The molecule has 1 heterocycles. The summed E-state index contributed by atoms with van der Waals surface area (Å²) in [7, 11) is 0. The lowest BCUT2D eigenvalue weighted by molar-refractivity contribution is 0.208. The Labute approximate surface area is 139 Å². The molecule has 6 heteroatoms. The number of hydrogen-bond acceptors (Lipinski definition) is 2. The molecule has 0 bridgehead atoms. The molecule has 0 spiro atoms. The number of halogens is 2. The van der Waals surface area contributed by atoms with Crippen LogP contribution < -0.4 is 10.2 Å². The van der Waals surface area contributed by atoms with E-state index in [0.717, 1.165) is 18.8 Å². The molecule has 1 saturated heterocycles. The number of rotatable bonds is 2. The third kappa shape index (κ3) is 3.93. The maximum atomic E-state index is 13.1. The Kier molecular flexibility index (Phi) is 4.67. The van der Waals surface area contributed by atoms with Gasteiger partial charge in [0.2, 0.25) is 0 Å². The molecular formula is C17H17ClFN3O. The third-order valence-electron chi connectivity index (χ3n) is 3.82. The number of nitrogens with zero attached hydrogens (tertiary/aromatic N) is 2. The summed E-state index contributed by atoms with van der Waals surface area (Å²) in [5, 5.41) is 3.43. The van der Waals surface area contributed by atoms with Crippen LogP contribution in [0, 0.1) is 5.82 Å². The SMILES string of the molecule is O=C(Nc1cccc(F)c1)N1CCN(c2cccc(Cl)c2)CC1. The minimum atomic E-state index is -0.367. The summed E-state index contributed by atoms with van der Waals surface area (Å²) in [5.41, 5.74) is 1.52. The largest absolute Gasteiger partial charge is 0.368 e. The molecule has 0 unspecified atom stereocenters. The Morgan fingerprint density at radius 2 is 1.78 bits per heavy atom. The van der Waals surface area contributed by atoms with Crippen LogP contribution in [0.15, 0.2) is 48.5 Å². The van der Waals surface area contributed by atoms with Gasteiger partial charge in [0.15, 0.2) is 0 Å². The maximum Gasteiger partial charge on any atom is 0.321 e. The van der Waals surface area contributed by atoms with Crippen LogP contribution in [-0.2, 0) is 0 Å². The predicted molar refractivity (Wildman–Crippen MR) is 90.7 cm³/mol. The molecule has 4 nitrogen and oxygen atoms in total. The van der Waals surface area contributed by atoms with Crippen molar-refractivity contribution in [2.24, 2.45) is 0 Å². The van der Waals surface area contributed by atoms with E-state index < -0.39 is 0 Å². The fourth-order valence-electron chi connectivity index (χ4n) is 2.61. The molecule has 0 radical (unpaired) electrons. The molecule has 0 atom stereocenters. The Morgan fingerprint density at radius 3 is 2.48 bits per heavy atom. The van der Waals surface area contributed by atoms with Crippen LogP contribution in [0.5, 0.6) is 0 Å². The third-order valence-corrected chi connectivity index (χ3v) is 4.05. The van der Waals surface area contributed by atoms with Gasteiger partial charge in [-0.15, -0.1) is 0 Å². The zero-order valence-electron chi connectivity index (χ0n) is 12.5. The van der Waals surface area contributed by atoms with E-state index in [1.54, 1.807) is 17.0 Å². The van der Waals surface area contributed by atoms with Crippen molar-refractivity contribution in [2.45, 2.75) is 0 Å². The Hall–Kier alpha value is -2.27. The minimum absolute atomic E-state index is 0.207. The summed E-state index contributed by atoms with van der Waals surface area (Å²) < 4.78 is 13.1. The first-order valence-corrected chi connectivity index (χ1v) is 7.81. The second kappa shape index (κ2) is 6.87. The molecule has 1 aliphatic heterocycles. The van der Waals surface area contributed by atoms with E-state index in [0.29, 0.717) is 23.8 Å². The van der Waals surface area contributed by atoms with Crippen LogP contribution in [0.2, 0.25) is 5.02 Å². The maximum absolute atomic E-state index is 13.1. The molecule has 120 valence electrons. The Bertz CT molecular complexity index is 702. The number of urea groups is 1. The fourth-order valence-corrected chi connectivity index (χ4v) is 2.79. The quantitative estimate of drug-likeness (QED) is 0.906. The summed E-state index contributed by atoms with van der Waals surface area (Å²) in [5.74, 6) is -0.367. The Morgan fingerprint density at radius 1 is 1.04 bits per heavy atom. The van der Waals surface area contributed by atoms with Gasteiger partial charge in [-0.3, -0.25) is 0 Å². The van der Waals surface area contributed by atoms with Gasteiger partial charge in [-0.25, -0.2) is 9.18 Å². The molecule has 2 amide bonds. The smallest absolute Gasteiger partial charge is 0.321 e. The average Bonchev–Trinajstić information content (AvgIpc) is 2.55. The van der Waals surface area contributed by atoms with Crippen molar-refractivity contribution in [1.29, 1.82) is 0 Å². The van der Waals surface area contributed by atoms with E-state index in [4.69, 9.17) is 11.6 Å². The molecule has 3 rings (SSSR count). The van der Waals surface area contributed by atoms with Gasteiger partial charge in [-0.1, -0.05) is 23.7 Å². The highest BCUT2D eigenvalue weighted by Gasteiger charge is 2.21. The number of amides is 2. The number of nitrogens with one attached hydrogen (secondary N) is 1. The van der Waals surface area contributed by atoms with Crippen molar-refractivity contribution in [1.82, 2.24) is 4.90 Å². The first kappa shape index (κ1) is 15.6. The lowest BCUT2D eigenvalue weighted by atomic mass is 10.2. The van der Waals surface area contributed by atoms with Gasteiger partial charge in [0.25, 0.3) is 0 Å². The van der Waals surface area contributed by atoms with Crippen LogP contribution in [0.1, 0.15) is 0 Å². The van der Waals surface area contributed by atoms with E-state index >= 15 is 0 Å². The van der Waals surface area contributed by atoms with Gasteiger partial charge in [0.05, 0.1) is 0 Å². The highest BCUT2D eigenvalue weighted by molar-refractivity contribution is 6.30. The molecule has 2 aromatic carbocycles. The van der Waals surface area contributed by atoms with Gasteiger partial charge >= 0.3 is 6.03 Å². The first-order valence-electron chi connectivity index (χ1n) is 7.44. The van der Waals surface area contributed by atoms with Gasteiger partial charge in [0.1, 0.15) is 5.82 Å². The monoisotopic (exact) mass is 333 g/mol. The van der Waals surface area contributed by atoms with Crippen molar-refractivity contribution >= 4 is 29.0 Å². The second-order valence-electron chi connectivity index (χ2n) is 5.39. The summed E-state index contributed by atoms with van der Waals surface area (Å²) in [6.45, 7) is 2.68. The second-order valence-corrected chi connectivity index (χ2v) is 5.83. The lowest BCUT2D eigenvalue weighted by Gasteiger charge is -2.36. The van der Waals surface area contributed by atoms with Crippen molar-refractivity contribution in [3.63, 3.8) is 0 Å². The number of hydrogen-bond donors (Lipinski definition) is 1. The predicted octanol–water partition coefficient (Wildman–Crippen LogP) is 3.83. The highest BCUT2D eigenvalue weighted by atomic mass is 35.5. The lowest BCUT2D eigenvalue weighted by Crippen LogP contribution is -2.50. The molecule has 1 fully saturated rings. The number of anilines is 2.